The molecule has 0 heterocycles. The fraction of sp³-hybridized carbons (Fsp3) is 0.300. The number of hydrogen-bond acceptors (Lipinski definition) is 1. The first-order chi connectivity index (χ1) is 24.6. The van der Waals surface area contributed by atoms with Crippen LogP contribution in [-0.2, 0) is 6.42 Å². The number of rotatable bonds is 10. The molecule has 1 unspecified atom stereocenters. The molecular weight excluding hydrogens is 615 g/mol. The Morgan fingerprint density at radius 1 is 0.863 bits per heavy atom. The highest BCUT2D eigenvalue weighted by Gasteiger charge is 2.17. The molecule has 1 atom stereocenters. The number of terminal acetylenes is 1. The summed E-state index contributed by atoms with van der Waals surface area (Å²) in [6.07, 6.45) is 38.5. The Hall–Kier alpha value is -5.02. The van der Waals surface area contributed by atoms with Crippen molar-refractivity contribution >= 4 is 23.4 Å². The van der Waals surface area contributed by atoms with E-state index in [1.54, 1.807) is 6.08 Å². The summed E-state index contributed by atoms with van der Waals surface area (Å²) in [5.74, 6) is 2.94. The van der Waals surface area contributed by atoms with Gasteiger partial charge in [0.1, 0.15) is 6.04 Å². The SMILES string of the molecule is C#CC(C=C=C(C)c1ccc(C)cc1)N(C)c1cc(/C=C\C=C/C)cc2c1C=CCC2.C=C/C(C)=C\C=C/C.C=C/C=C(C)\C=C/C.CC.CC. The normalized spacial score (nSPS) is 12.4. The van der Waals surface area contributed by atoms with Crippen molar-refractivity contribution < 1.29 is 0 Å². The predicted molar refractivity (Wildman–Crippen MR) is 237 cm³/mol. The molecular formula is C50H67N. The number of aryl methyl sites for hydroxylation is 2. The lowest BCUT2D eigenvalue weighted by atomic mass is 9.92. The largest absolute Gasteiger partial charge is 0.356 e. The maximum absolute atomic E-state index is 5.95. The van der Waals surface area contributed by atoms with Crippen LogP contribution in [-0.4, -0.2) is 13.1 Å². The first kappa shape index (κ1) is 48.1. The number of likely N-dealkylation sites (N-methyl/N-ethyl adjacent to an activating group) is 1. The van der Waals surface area contributed by atoms with Crippen molar-refractivity contribution in [1.82, 2.24) is 0 Å². The van der Waals surface area contributed by atoms with Crippen molar-refractivity contribution in [2.24, 2.45) is 0 Å². The Morgan fingerprint density at radius 3 is 2.06 bits per heavy atom. The van der Waals surface area contributed by atoms with E-state index in [1.165, 1.54) is 33.4 Å². The molecule has 0 N–H and O–H groups in total. The van der Waals surface area contributed by atoms with E-state index in [0.29, 0.717) is 0 Å². The summed E-state index contributed by atoms with van der Waals surface area (Å²) in [6, 6.07) is 12.8. The van der Waals surface area contributed by atoms with Crippen molar-refractivity contribution in [1.29, 1.82) is 0 Å². The molecule has 0 fully saturated rings. The highest BCUT2D eigenvalue weighted by atomic mass is 15.1. The number of fused-ring (bicyclic) bond motifs is 1. The summed E-state index contributed by atoms with van der Waals surface area (Å²) in [6.45, 7) is 29.4. The van der Waals surface area contributed by atoms with E-state index in [1.807, 2.05) is 123 Å². The monoisotopic (exact) mass is 682 g/mol. The standard InChI is InChI=1S/C30H31N.2C8H12.2C2H6/c1-6-8-9-12-25-21-27-13-10-11-14-29(27)30(22-25)31(5)28(7-2)20-17-24(4)26-18-15-23(3)16-19-26;1-4-6-7-8(3)5-2;1-4-6-8(3)7-5-2;2*1-2/h2,6,8-9,11-12,14-16,18-22,28H,10,13H2,1,3-5H3;4-7H,2H2,1,3H3;4-7H,1H2,2-3H3;2*1-2H3/b8-6-,12-9-;6-4-,8-7-;7-5-,8-6-;;. The van der Waals surface area contributed by atoms with E-state index < -0.39 is 0 Å². The number of allylic oxidation sites excluding steroid dienone is 14. The Bertz CT molecular complexity index is 1610. The van der Waals surface area contributed by atoms with Gasteiger partial charge in [-0.15, -0.1) is 12.2 Å². The number of anilines is 1. The van der Waals surface area contributed by atoms with Gasteiger partial charge < -0.3 is 4.90 Å². The van der Waals surface area contributed by atoms with E-state index in [2.05, 4.69) is 111 Å². The lowest BCUT2D eigenvalue weighted by Crippen LogP contribution is -2.29. The molecule has 0 saturated heterocycles. The zero-order valence-electron chi connectivity index (χ0n) is 34.1. The molecule has 2 aromatic rings. The molecule has 1 heteroatoms. The molecule has 1 nitrogen and oxygen atoms in total. The van der Waals surface area contributed by atoms with Gasteiger partial charge in [-0.3, -0.25) is 0 Å². The predicted octanol–water partition coefficient (Wildman–Crippen LogP) is 14.7. The van der Waals surface area contributed by atoms with E-state index in [9.17, 15) is 0 Å². The highest BCUT2D eigenvalue weighted by Crippen LogP contribution is 2.32. The lowest BCUT2D eigenvalue weighted by Gasteiger charge is -2.28. The van der Waals surface area contributed by atoms with E-state index in [4.69, 9.17) is 6.42 Å². The van der Waals surface area contributed by atoms with Gasteiger partial charge in [-0.25, -0.2) is 0 Å². The van der Waals surface area contributed by atoms with E-state index in [-0.39, 0.29) is 6.04 Å². The minimum atomic E-state index is -0.186. The molecule has 272 valence electrons. The van der Waals surface area contributed by atoms with Gasteiger partial charge in [-0.2, -0.15) is 0 Å². The summed E-state index contributed by atoms with van der Waals surface area (Å²) in [7, 11) is 2.07. The first-order valence-corrected chi connectivity index (χ1v) is 18.3. The second-order valence-electron chi connectivity index (χ2n) is 11.3. The molecule has 0 spiro atoms. The average molecular weight is 682 g/mol. The van der Waals surface area contributed by atoms with Crippen LogP contribution in [0.5, 0.6) is 0 Å². The van der Waals surface area contributed by atoms with Gasteiger partial charge in [0.25, 0.3) is 0 Å². The smallest absolute Gasteiger partial charge is 0.116 e. The summed E-state index contributed by atoms with van der Waals surface area (Å²) in [5, 5.41) is 0. The molecule has 1 aliphatic carbocycles. The van der Waals surface area contributed by atoms with Gasteiger partial charge in [0.15, 0.2) is 0 Å². The zero-order chi connectivity index (χ0) is 39.0. The van der Waals surface area contributed by atoms with Crippen molar-refractivity contribution in [2.45, 2.75) is 95.0 Å². The average Bonchev–Trinajstić information content (AvgIpc) is 3.16. The Kier molecular flexibility index (Phi) is 29.2. The number of benzene rings is 2. The third-order valence-electron chi connectivity index (χ3n) is 7.32. The van der Waals surface area contributed by atoms with Crippen molar-refractivity contribution in [3.63, 3.8) is 0 Å². The summed E-state index contributed by atoms with van der Waals surface area (Å²) in [5.41, 5.74) is 14.3. The van der Waals surface area contributed by atoms with Crippen molar-refractivity contribution in [3.8, 4) is 12.3 Å². The maximum Gasteiger partial charge on any atom is 0.116 e. The fourth-order valence-corrected chi connectivity index (χ4v) is 4.56. The van der Waals surface area contributed by atoms with E-state index in [0.717, 1.165) is 29.7 Å². The van der Waals surface area contributed by atoms with E-state index >= 15 is 0 Å². The lowest BCUT2D eigenvalue weighted by molar-refractivity contribution is 0.906. The molecule has 51 heavy (non-hydrogen) atoms. The summed E-state index contributed by atoms with van der Waals surface area (Å²) in [4.78, 5) is 2.18. The second-order valence-corrected chi connectivity index (χ2v) is 11.3. The topological polar surface area (TPSA) is 3.24 Å². The second kappa shape index (κ2) is 31.0. The van der Waals surface area contributed by atoms with Gasteiger partial charge in [0, 0.05) is 18.3 Å². The molecule has 3 rings (SSSR count). The van der Waals surface area contributed by atoms with Crippen LogP contribution >= 0.6 is 0 Å². The van der Waals surface area contributed by atoms with Gasteiger partial charge in [0.05, 0.1) is 0 Å². The van der Waals surface area contributed by atoms with Crippen molar-refractivity contribution in [2.75, 3.05) is 11.9 Å². The molecule has 0 bridgehead atoms. The summed E-state index contributed by atoms with van der Waals surface area (Å²) >= 11 is 0. The van der Waals surface area contributed by atoms with Gasteiger partial charge in [-0.05, 0) is 95.7 Å². The Balaban J connectivity index is 0. The Labute approximate surface area is 315 Å². The van der Waals surface area contributed by atoms with Gasteiger partial charge in [-0.1, -0.05) is 179 Å². The van der Waals surface area contributed by atoms with Crippen LogP contribution in [0.15, 0.2) is 145 Å². The van der Waals surface area contributed by atoms with Gasteiger partial charge in [0.2, 0.25) is 0 Å². The Morgan fingerprint density at radius 2 is 1.51 bits per heavy atom. The minimum Gasteiger partial charge on any atom is -0.356 e. The quantitative estimate of drug-likeness (QED) is 0.137. The molecule has 0 amide bonds. The molecule has 0 aromatic heterocycles. The number of nitrogens with zero attached hydrogens (tertiary/aromatic N) is 1. The molecule has 0 aliphatic heterocycles. The maximum atomic E-state index is 5.95. The molecule has 1 aliphatic rings. The molecule has 2 aromatic carbocycles. The highest BCUT2D eigenvalue weighted by molar-refractivity contribution is 5.76. The fourth-order valence-electron chi connectivity index (χ4n) is 4.56. The van der Waals surface area contributed by atoms with Crippen LogP contribution in [0, 0.1) is 19.3 Å². The minimum absolute atomic E-state index is 0.186. The third kappa shape index (κ3) is 20.3. The van der Waals surface area contributed by atoms with Crippen LogP contribution in [0.4, 0.5) is 5.69 Å². The molecule has 0 radical (unpaired) electrons. The number of hydrogen-bond donors (Lipinski definition) is 0. The summed E-state index contributed by atoms with van der Waals surface area (Å²) < 4.78 is 0. The van der Waals surface area contributed by atoms with Gasteiger partial charge >= 0.3 is 0 Å². The molecule has 0 saturated carbocycles. The van der Waals surface area contributed by atoms with Crippen LogP contribution in [0.2, 0.25) is 0 Å². The zero-order valence-corrected chi connectivity index (χ0v) is 34.1. The van der Waals surface area contributed by atoms with Crippen LogP contribution in [0.3, 0.4) is 0 Å². The van der Waals surface area contributed by atoms with Crippen LogP contribution in [0.1, 0.15) is 103 Å². The van der Waals surface area contributed by atoms with Crippen molar-refractivity contribution in [3.05, 3.63) is 173 Å². The third-order valence-corrected chi connectivity index (χ3v) is 7.32. The van der Waals surface area contributed by atoms with Crippen LogP contribution in [0.25, 0.3) is 17.7 Å². The first-order valence-electron chi connectivity index (χ1n) is 18.3. The van der Waals surface area contributed by atoms with Crippen LogP contribution < -0.4 is 4.90 Å².